The molecular weight excluding hydrogens is 411 g/mol. The zero-order valence-corrected chi connectivity index (χ0v) is 18.7. The maximum Gasteiger partial charge on any atom is 0.263 e. The standard InChI is InChI=1S/C25H23FN2O2S/c1-14(2)23-27-24-22(19(13-31-24)17-7-5-15(3)6-8-17)25(30)28(23)12-21(29)18-9-10-20(26)16(4)11-18/h5-11,13-14H,12H2,1-4H3. The third-order valence-corrected chi connectivity index (χ3v) is 6.26. The SMILES string of the molecule is Cc1ccc(-c2csc3nc(C(C)C)n(CC(=O)c4ccc(F)c(C)c4)c(=O)c23)cc1. The molecule has 31 heavy (non-hydrogen) atoms. The number of hydrogen-bond donors (Lipinski definition) is 0. The first-order chi connectivity index (χ1) is 14.8. The molecule has 0 radical (unpaired) electrons. The topological polar surface area (TPSA) is 52.0 Å². The molecule has 0 saturated heterocycles. The lowest BCUT2D eigenvalue weighted by Crippen LogP contribution is -2.29. The predicted molar refractivity (Wildman–Crippen MR) is 124 cm³/mol. The van der Waals surface area contributed by atoms with E-state index in [2.05, 4.69) is 0 Å². The summed E-state index contributed by atoms with van der Waals surface area (Å²) in [5, 5.41) is 2.48. The van der Waals surface area contributed by atoms with Crippen LogP contribution in [-0.4, -0.2) is 15.3 Å². The van der Waals surface area contributed by atoms with Gasteiger partial charge in [-0.15, -0.1) is 11.3 Å². The number of carbonyl (C=O) groups is 1. The van der Waals surface area contributed by atoms with Crippen LogP contribution in [0.25, 0.3) is 21.3 Å². The van der Waals surface area contributed by atoms with Crippen molar-refractivity contribution in [1.82, 2.24) is 9.55 Å². The van der Waals surface area contributed by atoms with Gasteiger partial charge in [-0.3, -0.25) is 14.2 Å². The van der Waals surface area contributed by atoms with E-state index >= 15 is 0 Å². The van der Waals surface area contributed by atoms with E-state index in [4.69, 9.17) is 4.98 Å². The smallest absolute Gasteiger partial charge is 0.263 e. The Morgan fingerprint density at radius 2 is 1.84 bits per heavy atom. The first-order valence-corrected chi connectivity index (χ1v) is 11.0. The number of carbonyl (C=O) groups excluding carboxylic acids is 1. The number of fused-ring (bicyclic) bond motifs is 1. The van der Waals surface area contributed by atoms with E-state index < -0.39 is 0 Å². The quantitative estimate of drug-likeness (QED) is 0.368. The van der Waals surface area contributed by atoms with Gasteiger partial charge in [0, 0.05) is 22.4 Å². The Labute approximate surface area is 184 Å². The van der Waals surface area contributed by atoms with E-state index in [1.54, 1.807) is 6.92 Å². The molecule has 0 saturated carbocycles. The molecule has 2 heterocycles. The fourth-order valence-corrected chi connectivity index (χ4v) is 4.58. The second-order valence-electron chi connectivity index (χ2n) is 8.10. The number of nitrogens with zero attached hydrogens (tertiary/aromatic N) is 2. The zero-order chi connectivity index (χ0) is 22.3. The molecule has 6 heteroatoms. The number of Topliss-reactive ketones (excluding diaryl/α,β-unsaturated/α-hetero) is 1. The van der Waals surface area contributed by atoms with Gasteiger partial charge in [0.15, 0.2) is 5.78 Å². The molecule has 0 bridgehead atoms. The lowest BCUT2D eigenvalue weighted by atomic mass is 10.0. The molecule has 2 aromatic carbocycles. The van der Waals surface area contributed by atoms with Crippen molar-refractivity contribution in [1.29, 1.82) is 0 Å². The van der Waals surface area contributed by atoms with Gasteiger partial charge in [-0.05, 0) is 43.2 Å². The van der Waals surface area contributed by atoms with Crippen LogP contribution in [0, 0.1) is 19.7 Å². The number of rotatable bonds is 5. The van der Waals surface area contributed by atoms with E-state index in [1.165, 1.54) is 34.1 Å². The van der Waals surface area contributed by atoms with E-state index in [1.807, 2.05) is 50.4 Å². The van der Waals surface area contributed by atoms with Gasteiger partial charge in [0.2, 0.25) is 0 Å². The lowest BCUT2D eigenvalue weighted by molar-refractivity contribution is 0.0969. The average Bonchev–Trinajstić information content (AvgIpc) is 3.16. The fourth-order valence-electron chi connectivity index (χ4n) is 3.63. The molecule has 158 valence electrons. The van der Waals surface area contributed by atoms with Crippen molar-refractivity contribution >= 4 is 27.3 Å². The van der Waals surface area contributed by atoms with E-state index in [-0.39, 0.29) is 29.6 Å². The molecule has 0 aliphatic carbocycles. The summed E-state index contributed by atoms with van der Waals surface area (Å²) in [5.74, 6) is -0.0761. The van der Waals surface area contributed by atoms with Crippen molar-refractivity contribution in [2.24, 2.45) is 0 Å². The Balaban J connectivity index is 1.85. The summed E-state index contributed by atoms with van der Waals surface area (Å²) in [7, 11) is 0. The molecule has 0 unspecified atom stereocenters. The number of hydrogen-bond acceptors (Lipinski definition) is 4. The normalized spacial score (nSPS) is 11.4. The Hall–Kier alpha value is -3.12. The van der Waals surface area contributed by atoms with Crippen LogP contribution in [-0.2, 0) is 6.54 Å². The molecule has 0 fully saturated rings. The number of halogens is 1. The summed E-state index contributed by atoms with van der Waals surface area (Å²) in [5.41, 5.74) is 3.46. The Morgan fingerprint density at radius 3 is 2.48 bits per heavy atom. The molecule has 0 amide bonds. The molecule has 4 rings (SSSR count). The van der Waals surface area contributed by atoms with E-state index in [0.29, 0.717) is 27.2 Å². The number of aryl methyl sites for hydroxylation is 2. The largest absolute Gasteiger partial charge is 0.292 e. The first kappa shape index (κ1) is 21.1. The van der Waals surface area contributed by atoms with Crippen LogP contribution in [0.3, 0.4) is 0 Å². The maximum absolute atomic E-state index is 13.6. The molecular formula is C25H23FN2O2S. The van der Waals surface area contributed by atoms with Crippen molar-refractivity contribution in [2.45, 2.75) is 40.2 Å². The summed E-state index contributed by atoms with van der Waals surface area (Å²) in [6.45, 7) is 7.40. The monoisotopic (exact) mass is 434 g/mol. The third kappa shape index (κ3) is 3.95. The van der Waals surface area contributed by atoms with Crippen LogP contribution in [0.1, 0.15) is 47.1 Å². The van der Waals surface area contributed by atoms with Gasteiger partial charge in [0.05, 0.1) is 11.9 Å². The van der Waals surface area contributed by atoms with Crippen molar-refractivity contribution in [3.05, 3.63) is 86.5 Å². The minimum atomic E-state index is -0.360. The van der Waals surface area contributed by atoms with Gasteiger partial charge in [0.25, 0.3) is 5.56 Å². The van der Waals surface area contributed by atoms with Gasteiger partial charge in [0.1, 0.15) is 16.5 Å². The summed E-state index contributed by atoms with van der Waals surface area (Å²) < 4.78 is 15.1. The number of aromatic nitrogens is 2. The van der Waals surface area contributed by atoms with Crippen LogP contribution in [0.2, 0.25) is 0 Å². The molecule has 0 aliphatic rings. The molecule has 0 atom stereocenters. The van der Waals surface area contributed by atoms with Gasteiger partial charge in [-0.25, -0.2) is 9.37 Å². The maximum atomic E-state index is 13.6. The second-order valence-corrected chi connectivity index (χ2v) is 8.96. The van der Waals surface area contributed by atoms with Crippen molar-refractivity contribution in [3.63, 3.8) is 0 Å². The molecule has 4 aromatic rings. The Morgan fingerprint density at radius 1 is 1.13 bits per heavy atom. The molecule has 0 aliphatic heterocycles. The Bertz CT molecular complexity index is 1350. The van der Waals surface area contributed by atoms with Crippen LogP contribution >= 0.6 is 11.3 Å². The van der Waals surface area contributed by atoms with Gasteiger partial charge >= 0.3 is 0 Å². The van der Waals surface area contributed by atoms with Crippen LogP contribution in [0.15, 0.2) is 52.6 Å². The number of ketones is 1. The molecule has 4 nitrogen and oxygen atoms in total. The van der Waals surface area contributed by atoms with E-state index in [0.717, 1.165) is 16.7 Å². The molecule has 0 spiro atoms. The third-order valence-electron chi connectivity index (χ3n) is 5.38. The number of thiophene rings is 1. The fraction of sp³-hybridized carbons (Fsp3) is 0.240. The summed E-state index contributed by atoms with van der Waals surface area (Å²) in [6, 6.07) is 12.3. The van der Waals surface area contributed by atoms with Crippen LogP contribution in [0.5, 0.6) is 0 Å². The van der Waals surface area contributed by atoms with Crippen LogP contribution < -0.4 is 5.56 Å². The van der Waals surface area contributed by atoms with Crippen molar-refractivity contribution in [3.8, 4) is 11.1 Å². The predicted octanol–water partition coefficient (Wildman–Crippen LogP) is 5.89. The summed E-state index contributed by atoms with van der Waals surface area (Å²) in [6.07, 6.45) is 0. The van der Waals surface area contributed by atoms with Gasteiger partial charge in [-0.1, -0.05) is 43.7 Å². The first-order valence-electron chi connectivity index (χ1n) is 10.1. The second kappa shape index (κ2) is 8.19. The summed E-state index contributed by atoms with van der Waals surface area (Å²) >= 11 is 1.44. The van der Waals surface area contributed by atoms with E-state index in [9.17, 15) is 14.0 Å². The average molecular weight is 435 g/mol. The van der Waals surface area contributed by atoms with Crippen LogP contribution in [0.4, 0.5) is 4.39 Å². The zero-order valence-electron chi connectivity index (χ0n) is 17.9. The highest BCUT2D eigenvalue weighted by Gasteiger charge is 2.21. The molecule has 0 N–H and O–H groups in total. The summed E-state index contributed by atoms with van der Waals surface area (Å²) in [4.78, 5) is 32.0. The number of benzene rings is 2. The highest BCUT2D eigenvalue weighted by atomic mass is 32.1. The van der Waals surface area contributed by atoms with Gasteiger partial charge in [-0.2, -0.15) is 0 Å². The highest BCUT2D eigenvalue weighted by molar-refractivity contribution is 7.17. The Kier molecular flexibility index (Phi) is 5.58. The van der Waals surface area contributed by atoms with Crippen molar-refractivity contribution in [2.75, 3.05) is 0 Å². The van der Waals surface area contributed by atoms with Crippen molar-refractivity contribution < 1.29 is 9.18 Å². The highest BCUT2D eigenvalue weighted by Crippen LogP contribution is 2.32. The molecule has 2 aromatic heterocycles. The minimum absolute atomic E-state index is 0.0372. The minimum Gasteiger partial charge on any atom is -0.292 e. The lowest BCUT2D eigenvalue weighted by Gasteiger charge is -2.15. The van der Waals surface area contributed by atoms with Gasteiger partial charge < -0.3 is 0 Å².